The van der Waals surface area contributed by atoms with Crippen molar-refractivity contribution in [3.05, 3.63) is 144 Å². The predicted molar refractivity (Wildman–Crippen MR) is 237 cm³/mol. The minimum atomic E-state index is -1.49. The van der Waals surface area contributed by atoms with Gasteiger partial charge in [-0.1, -0.05) is 72.8 Å². The molecule has 0 bridgehead atoms. The second-order valence-corrected chi connectivity index (χ2v) is 16.0. The van der Waals surface area contributed by atoms with E-state index in [0.717, 1.165) is 65.9 Å². The number of benzene rings is 4. The van der Waals surface area contributed by atoms with Crippen LogP contribution in [0.3, 0.4) is 0 Å². The molecule has 0 amide bonds. The first kappa shape index (κ1) is 41.2. The minimum absolute atomic E-state index is 0.00756. The third-order valence-electron chi connectivity index (χ3n) is 11.9. The Morgan fingerprint density at radius 3 is 1.10 bits per heavy atom. The van der Waals surface area contributed by atoms with E-state index in [-0.39, 0.29) is 25.7 Å². The number of aryl methyl sites for hydroxylation is 4. The Morgan fingerprint density at radius 2 is 0.730 bits per heavy atom. The third-order valence-corrected chi connectivity index (χ3v) is 11.9. The van der Waals surface area contributed by atoms with Crippen molar-refractivity contribution in [1.29, 1.82) is 0 Å². The van der Waals surface area contributed by atoms with Gasteiger partial charge in [-0.25, -0.2) is 0 Å². The zero-order chi connectivity index (χ0) is 43.3. The molecule has 322 valence electrons. The van der Waals surface area contributed by atoms with Gasteiger partial charge < -0.3 is 43.6 Å². The molecule has 4 aromatic heterocycles. The molecule has 1 aliphatic rings. The normalized spacial score (nSPS) is 18.8. The van der Waals surface area contributed by atoms with E-state index < -0.39 is 54.6 Å². The van der Waals surface area contributed by atoms with Gasteiger partial charge in [0, 0.05) is 94.1 Å². The molecule has 5 atom stereocenters. The summed E-state index contributed by atoms with van der Waals surface area (Å²) >= 11 is 0. The summed E-state index contributed by atoms with van der Waals surface area (Å²) in [5.41, 5.74) is 7.48. The Balaban J connectivity index is 0.964. The van der Waals surface area contributed by atoms with Crippen LogP contribution < -0.4 is 0 Å². The number of aromatic nitrogens is 4. The Hall–Kier alpha value is -7.12. The van der Waals surface area contributed by atoms with Crippen LogP contribution in [-0.2, 0) is 68.5 Å². The molecule has 1 unspecified atom stereocenters. The molecule has 0 saturated carbocycles. The van der Waals surface area contributed by atoms with Gasteiger partial charge in [0.2, 0.25) is 12.4 Å². The first-order valence-electron chi connectivity index (χ1n) is 21.4. The van der Waals surface area contributed by atoms with Crippen molar-refractivity contribution in [2.45, 2.75) is 89.0 Å². The fourth-order valence-corrected chi connectivity index (χ4v) is 8.61. The maximum atomic E-state index is 13.9. The van der Waals surface area contributed by atoms with E-state index in [1.807, 2.05) is 122 Å². The molecule has 1 fully saturated rings. The number of hydrogen-bond donors (Lipinski definition) is 4. The zero-order valence-electron chi connectivity index (χ0n) is 34.8. The molecule has 63 heavy (non-hydrogen) atoms. The van der Waals surface area contributed by atoms with E-state index in [0.29, 0.717) is 25.7 Å². The number of carbonyl (C=O) groups excluding carboxylic acids is 4. The topological polar surface area (TPSA) is 178 Å². The van der Waals surface area contributed by atoms with Crippen LogP contribution in [0.1, 0.15) is 54.9 Å². The van der Waals surface area contributed by atoms with Crippen LogP contribution in [0.2, 0.25) is 0 Å². The number of fused-ring (bicyclic) bond motifs is 4. The molecule has 0 aliphatic carbocycles. The lowest BCUT2D eigenvalue weighted by molar-refractivity contribution is -0.294. The number of esters is 4. The van der Waals surface area contributed by atoms with Crippen molar-refractivity contribution in [2.24, 2.45) is 0 Å². The summed E-state index contributed by atoms with van der Waals surface area (Å²) in [5, 5.41) is 3.94. The first-order chi connectivity index (χ1) is 30.8. The smallest absolute Gasteiger partial charge is 0.308 e. The van der Waals surface area contributed by atoms with Crippen molar-refractivity contribution in [2.75, 3.05) is 0 Å². The lowest BCUT2D eigenvalue weighted by Crippen LogP contribution is -2.61. The van der Waals surface area contributed by atoms with E-state index in [4.69, 9.17) is 23.7 Å². The number of H-pyrrole nitrogens is 4. The van der Waals surface area contributed by atoms with Crippen molar-refractivity contribution >= 4 is 67.5 Å². The lowest BCUT2D eigenvalue weighted by Gasteiger charge is -2.43. The van der Waals surface area contributed by atoms with Crippen LogP contribution in [0.15, 0.2) is 122 Å². The largest absolute Gasteiger partial charge is 0.455 e. The summed E-state index contributed by atoms with van der Waals surface area (Å²) in [5.74, 6) is -2.45. The van der Waals surface area contributed by atoms with Gasteiger partial charge in [-0.3, -0.25) is 19.2 Å². The van der Waals surface area contributed by atoms with Crippen molar-refractivity contribution in [3.8, 4) is 0 Å². The summed E-state index contributed by atoms with van der Waals surface area (Å²) in [6.45, 7) is 1.65. The zero-order valence-corrected chi connectivity index (χ0v) is 34.8. The molecule has 9 rings (SSSR count). The van der Waals surface area contributed by atoms with E-state index in [1.54, 1.807) is 6.92 Å². The summed E-state index contributed by atoms with van der Waals surface area (Å²) < 4.78 is 30.7. The van der Waals surface area contributed by atoms with Gasteiger partial charge in [0.25, 0.3) is 0 Å². The van der Waals surface area contributed by atoms with Crippen LogP contribution in [0.4, 0.5) is 0 Å². The second kappa shape index (κ2) is 18.5. The molecule has 0 radical (unpaired) electrons. The molecule has 13 nitrogen and oxygen atoms in total. The maximum Gasteiger partial charge on any atom is 0.308 e. The van der Waals surface area contributed by atoms with E-state index >= 15 is 0 Å². The fourth-order valence-electron chi connectivity index (χ4n) is 8.61. The molecular formula is C50H48N4O9. The average molecular weight is 849 g/mol. The lowest BCUT2D eigenvalue weighted by atomic mass is 9.98. The number of rotatable bonds is 16. The average Bonchev–Trinajstić information content (AvgIpc) is 4.11. The van der Waals surface area contributed by atoms with Gasteiger partial charge in [0.05, 0.1) is 6.10 Å². The Labute approximate surface area is 362 Å². The van der Waals surface area contributed by atoms with E-state index in [9.17, 15) is 19.2 Å². The molecule has 13 heteroatoms. The highest BCUT2D eigenvalue weighted by atomic mass is 16.7. The number of aromatic amines is 4. The Morgan fingerprint density at radius 1 is 0.429 bits per heavy atom. The molecule has 1 aliphatic heterocycles. The van der Waals surface area contributed by atoms with Gasteiger partial charge in [-0.05, 0) is 79.1 Å². The molecule has 4 aromatic carbocycles. The third kappa shape index (κ3) is 9.24. The van der Waals surface area contributed by atoms with Crippen LogP contribution in [-0.4, -0.2) is 74.5 Å². The second-order valence-electron chi connectivity index (χ2n) is 16.0. The summed E-state index contributed by atoms with van der Waals surface area (Å²) in [7, 11) is 0. The summed E-state index contributed by atoms with van der Waals surface area (Å²) in [4.78, 5) is 68.1. The molecular weight excluding hydrogens is 801 g/mol. The van der Waals surface area contributed by atoms with Gasteiger partial charge in [-0.2, -0.15) is 0 Å². The molecule has 8 aromatic rings. The van der Waals surface area contributed by atoms with Gasteiger partial charge in [0.15, 0.2) is 12.2 Å². The fraction of sp³-hybridized carbons (Fsp3) is 0.280. The van der Waals surface area contributed by atoms with Crippen LogP contribution in [0.25, 0.3) is 43.6 Å². The molecule has 0 spiro atoms. The van der Waals surface area contributed by atoms with Gasteiger partial charge in [0.1, 0.15) is 0 Å². The Kier molecular flexibility index (Phi) is 12.1. The monoisotopic (exact) mass is 848 g/mol. The number of para-hydroxylation sites is 4. The van der Waals surface area contributed by atoms with E-state index in [2.05, 4.69) is 19.9 Å². The van der Waals surface area contributed by atoms with Gasteiger partial charge in [-0.15, -0.1) is 0 Å². The Bertz CT molecular complexity index is 2900. The number of hydrogen-bond acceptors (Lipinski definition) is 9. The van der Waals surface area contributed by atoms with Gasteiger partial charge >= 0.3 is 23.9 Å². The van der Waals surface area contributed by atoms with Crippen molar-refractivity contribution in [3.63, 3.8) is 0 Å². The van der Waals surface area contributed by atoms with Crippen molar-refractivity contribution < 1.29 is 42.9 Å². The first-order valence-corrected chi connectivity index (χ1v) is 21.4. The summed E-state index contributed by atoms with van der Waals surface area (Å²) in [6.07, 6.45) is 2.26. The molecule has 1 saturated heterocycles. The quantitative estimate of drug-likeness (QED) is 0.0549. The predicted octanol–water partition coefficient (Wildman–Crippen LogP) is 8.47. The van der Waals surface area contributed by atoms with E-state index in [1.165, 1.54) is 0 Å². The van der Waals surface area contributed by atoms with Crippen molar-refractivity contribution in [1.82, 2.24) is 19.9 Å². The highest BCUT2D eigenvalue weighted by Crippen LogP contribution is 2.32. The van der Waals surface area contributed by atoms with Crippen LogP contribution >= 0.6 is 0 Å². The summed E-state index contributed by atoms with van der Waals surface area (Å²) in [6, 6.07) is 31.2. The number of ether oxygens (including phenoxy) is 5. The highest BCUT2D eigenvalue weighted by Gasteiger charge is 2.52. The van der Waals surface area contributed by atoms with Crippen LogP contribution in [0, 0.1) is 0 Å². The van der Waals surface area contributed by atoms with Crippen LogP contribution in [0.5, 0.6) is 0 Å². The minimum Gasteiger partial charge on any atom is -0.455 e. The highest BCUT2D eigenvalue weighted by molar-refractivity contribution is 5.86. The number of nitrogens with one attached hydrogen (secondary N) is 4. The molecule has 5 heterocycles. The SMILES string of the molecule is C[C@@H]1OC(OC(=O)CCc2c[nH]c3ccccc23)[C@H](OC(=O)CCc2c[nH]c3ccccc23)[C@H](OC(=O)CCc2c[nH]c3ccccc23)[C@H]1OC(=O)CCc1c[nH]c2ccccc12. The molecule has 4 N–H and O–H groups in total. The number of carbonyl (C=O) groups is 4. The standard InChI is InChI=1S/C50H48N4O9/c1-30-47(60-43(55)22-18-31-26-51-39-14-6-2-10-35(31)39)48(61-44(56)23-19-32-27-52-40-15-7-3-11-36(32)40)49(62-45(57)24-20-33-28-53-41-16-8-4-12-37(33)41)50(59-30)63-46(58)25-21-34-29-54-42-17-9-5-13-38(34)42/h2-17,26-30,47-54H,18-25H2,1H3/t30-,47-,48+,49+,50?/m0/s1. The maximum absolute atomic E-state index is 13.9.